The van der Waals surface area contributed by atoms with Gasteiger partial charge >= 0.3 is 0 Å². The van der Waals surface area contributed by atoms with Crippen molar-refractivity contribution in [3.63, 3.8) is 0 Å². The number of aromatic nitrogens is 2. The fourth-order valence-corrected chi connectivity index (χ4v) is 4.70. The van der Waals surface area contributed by atoms with E-state index in [0.29, 0.717) is 35.5 Å². The average Bonchev–Trinajstić information content (AvgIpc) is 2.99. The van der Waals surface area contributed by atoms with E-state index in [-0.39, 0.29) is 11.9 Å². The lowest BCUT2D eigenvalue weighted by Gasteiger charge is -2.33. The van der Waals surface area contributed by atoms with Crippen molar-refractivity contribution in [2.45, 2.75) is 19.8 Å². The Hall–Kier alpha value is -4.58. The molecule has 0 radical (unpaired) electrons. The van der Waals surface area contributed by atoms with Gasteiger partial charge in [0.2, 0.25) is 5.96 Å². The largest absolute Gasteiger partial charge is 0.352 e. The summed E-state index contributed by atoms with van der Waals surface area (Å²) in [4.78, 5) is 28.4. The van der Waals surface area contributed by atoms with Crippen molar-refractivity contribution in [1.82, 2.24) is 25.6 Å². The number of carbonyl (C=O) groups excluding carboxylic acids is 1. The zero-order chi connectivity index (χ0) is 28.8. The number of anilines is 2. The Kier molecular flexibility index (Phi) is 8.68. The molecule has 0 bridgehead atoms. The van der Waals surface area contributed by atoms with E-state index in [0.717, 1.165) is 58.4 Å². The molecule has 11 nitrogen and oxygen atoms in total. The summed E-state index contributed by atoms with van der Waals surface area (Å²) in [6, 6.07) is 18.7. The van der Waals surface area contributed by atoms with Gasteiger partial charge in [0.1, 0.15) is 11.4 Å². The molecule has 11 heteroatoms. The van der Waals surface area contributed by atoms with E-state index in [1.54, 1.807) is 30.6 Å². The summed E-state index contributed by atoms with van der Waals surface area (Å²) >= 11 is 0. The van der Waals surface area contributed by atoms with E-state index in [2.05, 4.69) is 25.6 Å². The predicted molar refractivity (Wildman–Crippen MR) is 159 cm³/mol. The first kappa shape index (κ1) is 28.0. The van der Waals surface area contributed by atoms with Crippen LogP contribution in [0.1, 0.15) is 28.8 Å². The number of hydrogen-bond donors (Lipinski definition) is 4. The van der Waals surface area contributed by atoms with Crippen LogP contribution in [0.15, 0.2) is 78.0 Å². The quantitative estimate of drug-likeness (QED) is 0.215. The maximum Gasteiger partial charge on any atom is 0.253 e. The maximum absolute atomic E-state index is 13.0. The Bertz CT molecular complexity index is 1550. The zero-order valence-electron chi connectivity index (χ0n) is 23.2. The summed E-state index contributed by atoms with van der Waals surface area (Å²) in [6.07, 6.45) is 5.00. The van der Waals surface area contributed by atoms with Crippen molar-refractivity contribution < 1.29 is 15.2 Å². The molecule has 1 aliphatic rings. The number of carbonyl (C=O) groups is 1. The minimum Gasteiger partial charge on any atom is -0.352 e. The van der Waals surface area contributed by atoms with Crippen molar-refractivity contribution >= 4 is 34.1 Å². The third-order valence-electron chi connectivity index (χ3n) is 6.90. The van der Waals surface area contributed by atoms with E-state index in [4.69, 9.17) is 4.98 Å². The van der Waals surface area contributed by atoms with Gasteiger partial charge in [0, 0.05) is 36.4 Å². The first-order valence-electron chi connectivity index (χ1n) is 13.6. The third-order valence-corrected chi connectivity index (χ3v) is 6.90. The molecule has 0 saturated carbocycles. The molecule has 1 amide bonds. The van der Waals surface area contributed by atoms with Gasteiger partial charge in [0.25, 0.3) is 5.91 Å². The van der Waals surface area contributed by atoms with Gasteiger partial charge in [-0.1, -0.05) is 24.3 Å². The second-order valence-corrected chi connectivity index (χ2v) is 10.0. The number of amides is 1. The summed E-state index contributed by atoms with van der Waals surface area (Å²) in [6.45, 7) is 4.51. The predicted octanol–water partition coefficient (Wildman–Crippen LogP) is 4.01. The van der Waals surface area contributed by atoms with Gasteiger partial charge in [-0.15, -0.1) is 0 Å². The van der Waals surface area contributed by atoms with Crippen LogP contribution in [0.2, 0.25) is 0 Å². The van der Waals surface area contributed by atoms with Gasteiger partial charge < -0.3 is 10.2 Å². The van der Waals surface area contributed by atoms with Crippen LogP contribution in [0.3, 0.4) is 0 Å². The SMILES string of the molecule is Cc1ccc2c(c1)N(O)C(=NCCCN(C)CCCNC(=O)c1cccc3ccc(-c4ccncc4)nc13)NN2O. The van der Waals surface area contributed by atoms with Gasteiger partial charge in [-0.3, -0.25) is 20.2 Å². The summed E-state index contributed by atoms with van der Waals surface area (Å²) in [5.74, 6) is 0.0171. The van der Waals surface area contributed by atoms with E-state index >= 15 is 0 Å². The van der Waals surface area contributed by atoms with Crippen LogP contribution in [0.4, 0.5) is 11.4 Å². The minimum absolute atomic E-state index is 0.142. The van der Waals surface area contributed by atoms with Crippen LogP contribution >= 0.6 is 0 Å². The molecular weight excluding hydrogens is 520 g/mol. The van der Waals surface area contributed by atoms with E-state index in [1.807, 2.05) is 56.4 Å². The number of pyridine rings is 2. The summed E-state index contributed by atoms with van der Waals surface area (Å²) in [7, 11) is 2.02. The third kappa shape index (κ3) is 6.60. The van der Waals surface area contributed by atoms with Crippen LogP contribution < -0.4 is 21.0 Å². The number of nitrogens with one attached hydrogen (secondary N) is 2. The Morgan fingerprint density at radius 3 is 2.66 bits per heavy atom. The van der Waals surface area contributed by atoms with E-state index < -0.39 is 0 Å². The number of hydrazine groups is 1. The first-order chi connectivity index (χ1) is 19.9. The highest BCUT2D eigenvalue weighted by Gasteiger charge is 2.25. The van der Waals surface area contributed by atoms with Crippen LogP contribution in [0.25, 0.3) is 22.2 Å². The molecule has 1 aliphatic heterocycles. The molecule has 0 aliphatic carbocycles. The van der Waals surface area contributed by atoms with Gasteiger partial charge in [0.15, 0.2) is 0 Å². The molecule has 2 aromatic carbocycles. The molecule has 0 unspecified atom stereocenters. The smallest absolute Gasteiger partial charge is 0.253 e. The Labute approximate surface area is 238 Å². The number of aryl methyl sites for hydroxylation is 1. The number of benzene rings is 2. The first-order valence-corrected chi connectivity index (χ1v) is 13.6. The minimum atomic E-state index is -0.142. The fourth-order valence-electron chi connectivity index (χ4n) is 4.70. The standard InChI is InChI=1S/C30H34N8O3/c1-21-8-11-26-27(20-21)37(40)30(35-38(26)41)33-15-5-19-36(2)18-4-14-32-29(39)24-7-3-6-23-9-10-25(34-28(23)24)22-12-16-31-17-13-22/h3,6-13,16-17,20,40-41H,4-5,14-15,18-19H2,1-2H3,(H,32,39)(H,33,35). The summed E-state index contributed by atoms with van der Waals surface area (Å²) in [5, 5.41) is 26.5. The molecule has 3 heterocycles. The molecule has 5 rings (SSSR count). The molecule has 212 valence electrons. The van der Waals surface area contributed by atoms with Gasteiger partial charge in [0.05, 0.1) is 16.8 Å². The lowest BCUT2D eigenvalue weighted by molar-refractivity contribution is 0.0953. The topological polar surface area (TPSA) is 129 Å². The van der Waals surface area contributed by atoms with E-state index in [9.17, 15) is 15.2 Å². The van der Waals surface area contributed by atoms with Crippen molar-refractivity contribution in [3.05, 3.63) is 84.2 Å². The number of nitrogens with zero attached hydrogens (tertiary/aromatic N) is 6. The number of rotatable bonds is 10. The highest BCUT2D eigenvalue weighted by Crippen LogP contribution is 2.31. The number of guanidine groups is 1. The second kappa shape index (κ2) is 12.7. The lowest BCUT2D eigenvalue weighted by Crippen LogP contribution is -2.52. The Balaban J connectivity index is 1.08. The molecule has 0 spiro atoms. The van der Waals surface area contributed by atoms with Crippen LogP contribution in [0, 0.1) is 6.92 Å². The van der Waals surface area contributed by atoms with Crippen LogP contribution in [0.5, 0.6) is 0 Å². The molecule has 2 aromatic heterocycles. The fraction of sp³-hybridized carbons (Fsp3) is 0.267. The van der Waals surface area contributed by atoms with Crippen LogP contribution in [-0.4, -0.2) is 70.4 Å². The van der Waals surface area contributed by atoms with Crippen molar-refractivity contribution in [3.8, 4) is 11.3 Å². The molecule has 0 fully saturated rings. The van der Waals surface area contributed by atoms with Gasteiger partial charge in [-0.2, -0.15) is 10.2 Å². The second-order valence-electron chi connectivity index (χ2n) is 10.0. The number of hydrogen-bond acceptors (Lipinski definition) is 8. The molecule has 41 heavy (non-hydrogen) atoms. The molecule has 4 N–H and O–H groups in total. The lowest BCUT2D eigenvalue weighted by atomic mass is 10.1. The van der Waals surface area contributed by atoms with E-state index in [1.165, 1.54) is 0 Å². The molecule has 0 atom stereocenters. The molecule has 0 saturated heterocycles. The molecule has 4 aromatic rings. The Morgan fingerprint density at radius 2 is 1.83 bits per heavy atom. The van der Waals surface area contributed by atoms with Gasteiger partial charge in [-0.05, 0) is 81.9 Å². The number of fused-ring (bicyclic) bond motifs is 2. The monoisotopic (exact) mass is 554 g/mol. The Morgan fingerprint density at radius 1 is 1.02 bits per heavy atom. The summed E-state index contributed by atoms with van der Waals surface area (Å²) in [5.41, 5.74) is 7.50. The van der Waals surface area contributed by atoms with Crippen molar-refractivity contribution in [2.75, 3.05) is 43.5 Å². The zero-order valence-corrected chi connectivity index (χ0v) is 23.2. The van der Waals surface area contributed by atoms with Crippen LogP contribution in [-0.2, 0) is 0 Å². The number of para-hydroxylation sites is 1. The van der Waals surface area contributed by atoms with Crippen molar-refractivity contribution in [1.29, 1.82) is 0 Å². The highest BCUT2D eigenvalue weighted by atomic mass is 16.6. The van der Waals surface area contributed by atoms with Gasteiger partial charge in [-0.25, -0.2) is 15.4 Å². The summed E-state index contributed by atoms with van der Waals surface area (Å²) < 4.78 is 0. The average molecular weight is 555 g/mol. The van der Waals surface area contributed by atoms with Crippen molar-refractivity contribution in [2.24, 2.45) is 4.99 Å². The molecular formula is C30H34N8O3. The maximum atomic E-state index is 13.0. The normalized spacial score (nSPS) is 13.9. The highest BCUT2D eigenvalue weighted by molar-refractivity contribution is 6.06. The number of aliphatic imine (C=N–C) groups is 1. The number of hydroxylamine groups is 1.